The Morgan fingerprint density at radius 3 is 1.79 bits per heavy atom. The molecule has 4 aromatic carbocycles. The number of nitrogens with zero attached hydrogens (tertiary/aromatic N) is 4. The normalized spacial score (nSPS) is 12.1. The van der Waals surface area contributed by atoms with E-state index in [0.717, 1.165) is 53.6 Å². The molecule has 10 heteroatoms. The first kappa shape index (κ1) is 43.2. The Hall–Kier alpha value is -4.96. The van der Waals surface area contributed by atoms with Crippen LogP contribution >= 0.6 is 0 Å². The molecule has 0 aliphatic heterocycles. The molecule has 2 N–H and O–H groups in total. The zero-order chi connectivity index (χ0) is 41.4. The van der Waals surface area contributed by atoms with Gasteiger partial charge in [-0.1, -0.05) is 77.9 Å². The molecule has 1 amide bonds. The minimum atomic E-state index is -3.89. The molecule has 5 rings (SSSR count). The highest BCUT2D eigenvalue weighted by Crippen LogP contribution is 2.35. The number of hydrogen-bond donors (Lipinski definition) is 2. The molecular weight excluding hydrogens is 729 g/mol. The second-order valence-corrected chi connectivity index (χ2v) is 18.2. The summed E-state index contributed by atoms with van der Waals surface area (Å²) in [5.74, 6) is 0.438. The summed E-state index contributed by atoms with van der Waals surface area (Å²) in [5.41, 5.74) is 9.40. The monoisotopic (exact) mass is 791 g/mol. The van der Waals surface area contributed by atoms with E-state index in [0.29, 0.717) is 30.2 Å². The van der Waals surface area contributed by atoms with E-state index in [4.69, 9.17) is 0 Å². The Kier molecular flexibility index (Phi) is 14.4. The van der Waals surface area contributed by atoms with Crippen molar-refractivity contribution in [1.29, 1.82) is 0 Å². The number of anilines is 2. The van der Waals surface area contributed by atoms with E-state index in [1.165, 1.54) is 39.4 Å². The van der Waals surface area contributed by atoms with Crippen LogP contribution in [0, 0.1) is 0 Å². The standard InChI is InChI=1S/C47H62N6O3S/c1-32(2)39-27-42(33(3)4)47(43(28-39)34(5)6)57(55,56)50-49-31-36-17-15-35(16-18-36)23-24-48-46(54)14-12-11-13-25-53-44-29-40(51(7)8)21-19-37(44)26-38-20-22-41(52(9)10)30-45(38)53/h15-22,26-34,50H,11-14,23-25H2,1-10H3/p+1/b49-31-. The Balaban J connectivity index is 1.11. The molecule has 0 saturated carbocycles. The van der Waals surface area contributed by atoms with Crippen molar-refractivity contribution in [2.75, 3.05) is 44.5 Å². The molecule has 0 spiro atoms. The molecule has 0 atom stereocenters. The van der Waals surface area contributed by atoms with Crippen LogP contribution in [0.4, 0.5) is 11.4 Å². The summed E-state index contributed by atoms with van der Waals surface area (Å²) in [7, 11) is 4.40. The lowest BCUT2D eigenvalue weighted by Gasteiger charge is -2.22. The van der Waals surface area contributed by atoms with Crippen LogP contribution in [0.5, 0.6) is 0 Å². The second-order valence-electron chi connectivity index (χ2n) is 16.6. The van der Waals surface area contributed by atoms with E-state index < -0.39 is 10.0 Å². The summed E-state index contributed by atoms with van der Waals surface area (Å²) >= 11 is 0. The molecule has 0 saturated heterocycles. The highest BCUT2D eigenvalue weighted by Gasteiger charge is 2.27. The molecule has 0 aliphatic carbocycles. The Labute approximate surface area is 341 Å². The maximum absolute atomic E-state index is 13.6. The molecule has 304 valence electrons. The third-order valence-electron chi connectivity index (χ3n) is 10.7. The second kappa shape index (κ2) is 19.0. The first-order chi connectivity index (χ1) is 27.0. The summed E-state index contributed by atoms with van der Waals surface area (Å²) in [5, 5.41) is 9.67. The van der Waals surface area contributed by atoms with Crippen molar-refractivity contribution in [1.82, 2.24) is 10.1 Å². The zero-order valence-electron chi connectivity index (χ0n) is 35.7. The average molecular weight is 792 g/mol. The van der Waals surface area contributed by atoms with Crippen LogP contribution in [0.1, 0.15) is 113 Å². The number of pyridine rings is 1. The first-order valence-corrected chi connectivity index (χ1v) is 21.9. The van der Waals surface area contributed by atoms with Crippen molar-refractivity contribution in [2.45, 2.75) is 103 Å². The number of fused-ring (bicyclic) bond motifs is 2. The quantitative estimate of drug-likeness (QED) is 0.0304. The number of carbonyl (C=O) groups is 1. The molecule has 1 aromatic heterocycles. The number of aryl methyl sites for hydroxylation is 1. The number of unbranched alkanes of at least 4 members (excludes halogenated alkanes) is 2. The maximum atomic E-state index is 13.6. The largest absolute Gasteiger partial charge is 0.377 e. The number of amides is 1. The molecule has 57 heavy (non-hydrogen) atoms. The molecule has 0 radical (unpaired) electrons. The predicted octanol–water partition coefficient (Wildman–Crippen LogP) is 9.01. The molecule has 0 unspecified atom stereocenters. The van der Waals surface area contributed by atoms with Gasteiger partial charge >= 0.3 is 0 Å². The smallest absolute Gasteiger partial charge is 0.277 e. The van der Waals surface area contributed by atoms with Gasteiger partial charge in [0, 0.05) is 81.9 Å². The fourth-order valence-corrected chi connectivity index (χ4v) is 8.72. The van der Waals surface area contributed by atoms with Crippen LogP contribution in [0.15, 0.2) is 88.9 Å². The van der Waals surface area contributed by atoms with Gasteiger partial charge in [0.1, 0.15) is 6.54 Å². The molecule has 5 aromatic rings. The third kappa shape index (κ3) is 10.9. The number of hydrogen-bond acceptors (Lipinski definition) is 6. The SMILES string of the molecule is CC(C)c1cc(C(C)C)c(S(=O)(=O)N/N=C\c2ccc(CCNC(=O)CCCCC[n+]3c4cc(N(C)C)ccc4cc4ccc(N(C)C)cc43)cc2)c(C(C)C)c1. The lowest BCUT2D eigenvalue weighted by molar-refractivity contribution is -0.645. The van der Waals surface area contributed by atoms with Crippen LogP contribution in [0.3, 0.4) is 0 Å². The van der Waals surface area contributed by atoms with Gasteiger partial charge in [-0.25, -0.2) is 4.83 Å². The molecule has 0 aliphatic rings. The van der Waals surface area contributed by atoms with Gasteiger partial charge in [0.2, 0.25) is 16.9 Å². The summed E-state index contributed by atoms with van der Waals surface area (Å²) in [6, 6.07) is 27.4. The van der Waals surface area contributed by atoms with Crippen molar-refractivity contribution in [2.24, 2.45) is 5.10 Å². The topological polar surface area (TPSA) is 98.0 Å². The highest BCUT2D eigenvalue weighted by atomic mass is 32.2. The number of rotatable bonds is 18. The van der Waals surface area contributed by atoms with Crippen molar-refractivity contribution < 1.29 is 17.8 Å². The molecule has 0 fully saturated rings. The third-order valence-corrected chi connectivity index (χ3v) is 12.0. The van der Waals surface area contributed by atoms with Gasteiger partial charge in [0.05, 0.1) is 11.1 Å². The lowest BCUT2D eigenvalue weighted by Crippen LogP contribution is -2.36. The number of carbonyl (C=O) groups excluding carboxylic acids is 1. The summed E-state index contributed by atoms with van der Waals surface area (Å²) < 4.78 is 29.7. The number of aromatic nitrogens is 1. The van der Waals surface area contributed by atoms with E-state index in [1.54, 1.807) is 0 Å². The van der Waals surface area contributed by atoms with Crippen molar-refractivity contribution in [3.63, 3.8) is 0 Å². The van der Waals surface area contributed by atoms with Crippen LogP contribution in [0.2, 0.25) is 0 Å². The Morgan fingerprint density at radius 1 is 0.719 bits per heavy atom. The van der Waals surface area contributed by atoms with E-state index >= 15 is 0 Å². The minimum Gasteiger partial charge on any atom is -0.377 e. The van der Waals surface area contributed by atoms with Crippen molar-refractivity contribution in [3.05, 3.63) is 107 Å². The number of nitrogens with one attached hydrogen (secondary N) is 2. The molecule has 1 heterocycles. The fourth-order valence-electron chi connectivity index (χ4n) is 7.22. The van der Waals surface area contributed by atoms with Gasteiger partial charge in [-0.3, -0.25) is 4.79 Å². The average Bonchev–Trinajstić information content (AvgIpc) is 3.16. The highest BCUT2D eigenvalue weighted by molar-refractivity contribution is 7.89. The summed E-state index contributed by atoms with van der Waals surface area (Å²) in [6.07, 6.45) is 5.50. The Bertz CT molecular complexity index is 2220. The van der Waals surface area contributed by atoms with Crippen LogP contribution in [-0.2, 0) is 27.8 Å². The van der Waals surface area contributed by atoms with Crippen molar-refractivity contribution >= 4 is 55.3 Å². The van der Waals surface area contributed by atoms with E-state index in [1.807, 2.05) is 64.1 Å². The van der Waals surface area contributed by atoms with E-state index in [2.05, 4.69) is 114 Å². The van der Waals surface area contributed by atoms with E-state index in [9.17, 15) is 13.2 Å². The predicted molar refractivity (Wildman–Crippen MR) is 239 cm³/mol. The maximum Gasteiger partial charge on any atom is 0.277 e. The lowest BCUT2D eigenvalue weighted by atomic mass is 9.89. The van der Waals surface area contributed by atoms with Crippen molar-refractivity contribution in [3.8, 4) is 0 Å². The summed E-state index contributed by atoms with van der Waals surface area (Å²) in [6.45, 7) is 13.8. The van der Waals surface area contributed by atoms with Gasteiger partial charge in [-0.2, -0.15) is 18.1 Å². The van der Waals surface area contributed by atoms with Gasteiger partial charge in [0.15, 0.2) is 0 Å². The van der Waals surface area contributed by atoms with Gasteiger partial charge < -0.3 is 15.1 Å². The number of hydrazone groups is 1. The summed E-state index contributed by atoms with van der Waals surface area (Å²) in [4.78, 5) is 19.8. The first-order valence-electron chi connectivity index (χ1n) is 20.4. The van der Waals surface area contributed by atoms with Gasteiger partial charge in [-0.15, -0.1) is 0 Å². The zero-order valence-corrected chi connectivity index (χ0v) is 36.5. The molecular formula is C47H63N6O3S+. The number of sulfonamides is 1. The molecule has 9 nitrogen and oxygen atoms in total. The van der Waals surface area contributed by atoms with Crippen LogP contribution in [-0.4, -0.2) is 55.3 Å². The van der Waals surface area contributed by atoms with Gasteiger partial charge in [-0.05, 0) is 95.2 Å². The van der Waals surface area contributed by atoms with Crippen LogP contribution < -0.4 is 24.5 Å². The fraction of sp³-hybridized carbons (Fsp3) is 0.426. The minimum absolute atomic E-state index is 0.0377. The van der Waals surface area contributed by atoms with E-state index in [-0.39, 0.29) is 17.7 Å². The number of benzene rings is 4. The Morgan fingerprint density at radius 2 is 1.28 bits per heavy atom. The van der Waals surface area contributed by atoms with Gasteiger partial charge in [0.25, 0.3) is 10.0 Å². The molecule has 0 bridgehead atoms. The van der Waals surface area contributed by atoms with Crippen LogP contribution in [0.25, 0.3) is 21.8 Å².